The van der Waals surface area contributed by atoms with E-state index in [2.05, 4.69) is 5.32 Å². The molecule has 1 aromatic rings. The quantitative estimate of drug-likeness (QED) is 0.707. The van der Waals surface area contributed by atoms with Gasteiger partial charge in [-0.3, -0.25) is 9.00 Å². The molecule has 2 atom stereocenters. The van der Waals surface area contributed by atoms with Gasteiger partial charge in [0, 0.05) is 21.5 Å². The number of rotatable bonds is 6. The van der Waals surface area contributed by atoms with Gasteiger partial charge in [0.1, 0.15) is 5.75 Å². The lowest BCUT2D eigenvalue weighted by Gasteiger charge is -2.07. The minimum Gasteiger partial charge on any atom is -0.394 e. The highest BCUT2D eigenvalue weighted by Crippen LogP contribution is 2.13. The van der Waals surface area contributed by atoms with E-state index in [1.165, 1.54) is 0 Å². The second-order valence-electron chi connectivity index (χ2n) is 3.64. The Kier molecular flexibility index (Phi) is 6.28. The van der Waals surface area contributed by atoms with E-state index in [1.54, 1.807) is 24.3 Å². The summed E-state index contributed by atoms with van der Waals surface area (Å²) in [5.41, 5.74) is 0.559. The summed E-state index contributed by atoms with van der Waals surface area (Å²) in [7, 11) is -1.51. The second kappa shape index (κ2) is 7.48. The summed E-state index contributed by atoms with van der Waals surface area (Å²) in [5.74, 6) is -0.759. The first-order valence-electron chi connectivity index (χ1n) is 5.20. The SMILES string of the molecule is O=C(CS(=O)CC(O)CO)Nc1ccc(Cl)cc1. The monoisotopic (exact) mass is 291 g/mol. The number of aliphatic hydroxyl groups is 2. The zero-order valence-corrected chi connectivity index (χ0v) is 11.1. The van der Waals surface area contributed by atoms with Crippen molar-refractivity contribution in [1.29, 1.82) is 0 Å². The lowest BCUT2D eigenvalue weighted by atomic mass is 10.3. The van der Waals surface area contributed by atoms with Gasteiger partial charge in [-0.15, -0.1) is 0 Å². The molecule has 7 heteroatoms. The molecule has 0 heterocycles. The number of carbonyl (C=O) groups excluding carboxylic acids is 1. The Morgan fingerprint density at radius 3 is 2.56 bits per heavy atom. The van der Waals surface area contributed by atoms with Crippen molar-refractivity contribution in [1.82, 2.24) is 0 Å². The van der Waals surface area contributed by atoms with E-state index >= 15 is 0 Å². The van der Waals surface area contributed by atoms with Crippen LogP contribution in [0, 0.1) is 0 Å². The van der Waals surface area contributed by atoms with Gasteiger partial charge in [-0.1, -0.05) is 11.6 Å². The molecule has 0 aromatic heterocycles. The van der Waals surface area contributed by atoms with Crippen molar-refractivity contribution in [2.24, 2.45) is 0 Å². The van der Waals surface area contributed by atoms with Crippen molar-refractivity contribution in [3.05, 3.63) is 29.3 Å². The molecule has 0 bridgehead atoms. The number of carbonyl (C=O) groups is 1. The Morgan fingerprint density at radius 2 is 2.00 bits per heavy atom. The average Bonchev–Trinajstić information content (AvgIpc) is 2.31. The summed E-state index contributed by atoms with van der Waals surface area (Å²) in [4.78, 5) is 11.5. The molecule has 1 rings (SSSR count). The Bertz CT molecular complexity index is 424. The van der Waals surface area contributed by atoms with E-state index in [-0.39, 0.29) is 11.5 Å². The van der Waals surface area contributed by atoms with Crippen LogP contribution in [0.2, 0.25) is 5.02 Å². The van der Waals surface area contributed by atoms with Crippen molar-refractivity contribution in [3.63, 3.8) is 0 Å². The Balaban J connectivity index is 2.42. The number of aliphatic hydroxyl groups excluding tert-OH is 2. The molecule has 2 unspecified atom stereocenters. The summed E-state index contributed by atoms with van der Waals surface area (Å²) in [6.07, 6.45) is -1.06. The van der Waals surface area contributed by atoms with Crippen LogP contribution >= 0.6 is 11.6 Å². The topological polar surface area (TPSA) is 86.6 Å². The van der Waals surface area contributed by atoms with Gasteiger partial charge in [0.15, 0.2) is 0 Å². The van der Waals surface area contributed by atoms with Crippen LogP contribution in [0.4, 0.5) is 5.69 Å². The Hall–Kier alpha value is -0.950. The third-order valence-electron chi connectivity index (χ3n) is 2.01. The molecule has 1 aromatic carbocycles. The molecule has 100 valence electrons. The van der Waals surface area contributed by atoms with E-state index in [0.717, 1.165) is 0 Å². The number of hydrogen-bond acceptors (Lipinski definition) is 4. The van der Waals surface area contributed by atoms with Crippen LogP contribution in [0.15, 0.2) is 24.3 Å². The van der Waals surface area contributed by atoms with Crippen LogP contribution in [-0.4, -0.2) is 44.5 Å². The molecular formula is C11H14ClNO4S. The molecular weight excluding hydrogens is 278 g/mol. The fourth-order valence-electron chi connectivity index (χ4n) is 1.20. The van der Waals surface area contributed by atoms with Gasteiger partial charge in [-0.2, -0.15) is 0 Å². The molecule has 0 fully saturated rings. The third kappa shape index (κ3) is 5.59. The molecule has 0 aliphatic rings. The molecule has 0 aliphatic heterocycles. The average molecular weight is 292 g/mol. The molecule has 0 radical (unpaired) electrons. The fourth-order valence-corrected chi connectivity index (χ4v) is 2.35. The lowest BCUT2D eigenvalue weighted by molar-refractivity contribution is -0.113. The highest BCUT2D eigenvalue weighted by Gasteiger charge is 2.12. The van der Waals surface area contributed by atoms with Gasteiger partial charge < -0.3 is 15.5 Å². The Morgan fingerprint density at radius 1 is 1.39 bits per heavy atom. The summed E-state index contributed by atoms with van der Waals surface area (Å²) in [6, 6.07) is 6.52. The van der Waals surface area contributed by atoms with Crippen molar-refractivity contribution in [2.45, 2.75) is 6.10 Å². The van der Waals surface area contributed by atoms with Crippen LogP contribution in [0.3, 0.4) is 0 Å². The minimum absolute atomic E-state index is 0.120. The van der Waals surface area contributed by atoms with E-state index in [4.69, 9.17) is 21.8 Å². The van der Waals surface area contributed by atoms with Crippen LogP contribution < -0.4 is 5.32 Å². The smallest absolute Gasteiger partial charge is 0.236 e. The number of halogens is 1. The summed E-state index contributed by atoms with van der Waals surface area (Å²) in [5, 5.41) is 20.8. The molecule has 18 heavy (non-hydrogen) atoms. The van der Waals surface area contributed by atoms with E-state index in [9.17, 15) is 9.00 Å². The van der Waals surface area contributed by atoms with Crippen LogP contribution in [0.5, 0.6) is 0 Å². The molecule has 5 nitrogen and oxygen atoms in total. The maximum Gasteiger partial charge on any atom is 0.236 e. The molecule has 0 spiro atoms. The molecule has 0 aliphatic carbocycles. The summed E-state index contributed by atoms with van der Waals surface area (Å²) >= 11 is 5.69. The number of amides is 1. The predicted octanol–water partition coefficient (Wildman–Crippen LogP) is 0.380. The largest absolute Gasteiger partial charge is 0.394 e. The van der Waals surface area contributed by atoms with Gasteiger partial charge in [0.2, 0.25) is 5.91 Å². The lowest BCUT2D eigenvalue weighted by Crippen LogP contribution is -2.27. The van der Waals surface area contributed by atoms with E-state index < -0.39 is 29.4 Å². The summed E-state index contributed by atoms with van der Waals surface area (Å²) in [6.45, 7) is -0.468. The van der Waals surface area contributed by atoms with E-state index in [0.29, 0.717) is 10.7 Å². The minimum atomic E-state index is -1.51. The van der Waals surface area contributed by atoms with Gasteiger partial charge in [-0.05, 0) is 24.3 Å². The number of nitrogens with one attached hydrogen (secondary N) is 1. The zero-order chi connectivity index (χ0) is 13.5. The van der Waals surface area contributed by atoms with Crippen molar-refractivity contribution >= 4 is 34.0 Å². The normalized spacial score (nSPS) is 13.9. The highest BCUT2D eigenvalue weighted by atomic mass is 35.5. The van der Waals surface area contributed by atoms with Gasteiger partial charge in [-0.25, -0.2) is 0 Å². The van der Waals surface area contributed by atoms with Gasteiger partial charge in [0.25, 0.3) is 0 Å². The number of benzene rings is 1. The van der Waals surface area contributed by atoms with Gasteiger partial charge in [0.05, 0.1) is 18.5 Å². The first-order valence-corrected chi connectivity index (χ1v) is 7.07. The fraction of sp³-hybridized carbons (Fsp3) is 0.364. The zero-order valence-electron chi connectivity index (χ0n) is 9.51. The first kappa shape index (κ1) is 15.1. The van der Waals surface area contributed by atoms with Gasteiger partial charge >= 0.3 is 0 Å². The second-order valence-corrected chi connectivity index (χ2v) is 5.58. The van der Waals surface area contributed by atoms with Crippen LogP contribution in [0.1, 0.15) is 0 Å². The van der Waals surface area contributed by atoms with Crippen LogP contribution in [-0.2, 0) is 15.6 Å². The number of hydrogen-bond donors (Lipinski definition) is 3. The first-order chi connectivity index (χ1) is 8.51. The molecule has 0 saturated heterocycles. The van der Waals surface area contributed by atoms with Crippen molar-refractivity contribution < 1.29 is 19.2 Å². The Labute approximate surface area is 112 Å². The maximum atomic E-state index is 11.5. The maximum absolute atomic E-state index is 11.5. The molecule has 0 saturated carbocycles. The molecule has 3 N–H and O–H groups in total. The standard InChI is InChI=1S/C11H14ClNO4S/c12-8-1-3-9(4-2-8)13-11(16)7-18(17)6-10(15)5-14/h1-4,10,14-15H,5-7H2,(H,13,16). The van der Waals surface area contributed by atoms with Crippen LogP contribution in [0.25, 0.3) is 0 Å². The third-order valence-corrected chi connectivity index (χ3v) is 3.60. The highest BCUT2D eigenvalue weighted by molar-refractivity contribution is 7.85. The van der Waals surface area contributed by atoms with Crippen molar-refractivity contribution in [2.75, 3.05) is 23.4 Å². The predicted molar refractivity (Wildman–Crippen MR) is 71.1 cm³/mol. The van der Waals surface area contributed by atoms with Crippen molar-refractivity contribution in [3.8, 4) is 0 Å². The summed E-state index contributed by atoms with van der Waals surface area (Å²) < 4.78 is 11.4. The van der Waals surface area contributed by atoms with E-state index in [1.807, 2.05) is 0 Å². The number of anilines is 1. The molecule has 1 amide bonds.